The van der Waals surface area contributed by atoms with Crippen LogP contribution >= 0.6 is 34.8 Å². The molecule has 0 aliphatic carbocycles. The molecule has 6 N–H and O–H groups in total. The van der Waals surface area contributed by atoms with Crippen molar-refractivity contribution in [2.45, 2.75) is 36.7 Å². The summed E-state index contributed by atoms with van der Waals surface area (Å²) in [5.41, 5.74) is 1.00. The van der Waals surface area contributed by atoms with Gasteiger partial charge in [0, 0.05) is 43.9 Å². The molecule has 79 heavy (non-hydrogen) atoms. The van der Waals surface area contributed by atoms with E-state index in [1.807, 2.05) is 9.44 Å². The number of ether oxygens (including phenoxy) is 2. The Morgan fingerprint density at radius 1 is 0.608 bits per heavy atom. The van der Waals surface area contributed by atoms with Crippen molar-refractivity contribution in [2.24, 2.45) is 0 Å². The number of rotatable bonds is 11. The van der Waals surface area contributed by atoms with Crippen LogP contribution < -0.4 is 40.3 Å². The second-order valence-corrected chi connectivity index (χ2v) is 19.6. The molecule has 6 aromatic rings. The summed E-state index contributed by atoms with van der Waals surface area (Å²) >= 11 is 17.3. The van der Waals surface area contributed by atoms with E-state index in [-0.39, 0.29) is 44.0 Å². The zero-order chi connectivity index (χ0) is 59.4. The van der Waals surface area contributed by atoms with E-state index in [0.29, 0.717) is 32.9 Å². The van der Waals surface area contributed by atoms with E-state index in [2.05, 4.69) is 50.9 Å². The number of halogens is 6. The van der Waals surface area contributed by atoms with Gasteiger partial charge >= 0.3 is 42.3 Å². The predicted molar refractivity (Wildman–Crippen MR) is 285 cm³/mol. The molecule has 2 aromatic heterocycles. The van der Waals surface area contributed by atoms with Crippen molar-refractivity contribution in [3.63, 3.8) is 0 Å². The van der Waals surface area contributed by atoms with Crippen LogP contribution in [0.5, 0.6) is 6.01 Å². The number of alkyl halides is 3. The van der Waals surface area contributed by atoms with E-state index in [1.54, 1.807) is 51.1 Å². The normalized spacial score (nSPS) is 10.7. The van der Waals surface area contributed by atoms with Crippen molar-refractivity contribution in [1.29, 1.82) is 0 Å². The number of sulfonamides is 2. The number of aromatic nitrogens is 5. The van der Waals surface area contributed by atoms with Crippen LogP contribution in [0.25, 0.3) is 0 Å². The SMILES string of the molecule is CNC(=O)N(C)c1cccc(C(F)(F)F)c1.COC(=O)c1ccccc1S(=O)(=O)NC(=O)Nc1nc(C)cc(C)n1.CON(C)C(=O)Nc1ccc(Cl)c(Cl)c1.COc1nc(C)nc(NC(=O)NS(=O)(=O)c2ccccc2Cl)n1. The second kappa shape index (κ2) is 29.5. The van der Waals surface area contributed by atoms with Gasteiger partial charge in [0.25, 0.3) is 20.0 Å². The number of amides is 8. The Kier molecular flexibility index (Phi) is 24.4. The van der Waals surface area contributed by atoms with Gasteiger partial charge in [0.2, 0.25) is 11.9 Å². The average molecular weight is 1200 g/mol. The molecular formula is C46H49Cl3F3N13O12S2. The summed E-state index contributed by atoms with van der Waals surface area (Å²) in [5, 5.41) is 11.2. The highest BCUT2D eigenvalue weighted by Crippen LogP contribution is 2.31. The van der Waals surface area contributed by atoms with Gasteiger partial charge in [-0.2, -0.15) is 28.1 Å². The number of urea groups is 4. The fourth-order valence-electron chi connectivity index (χ4n) is 5.67. The molecule has 8 amide bonds. The maximum absolute atomic E-state index is 12.4. The van der Waals surface area contributed by atoms with E-state index in [4.69, 9.17) is 44.4 Å². The number of methoxy groups -OCH3 is 2. The molecule has 0 fully saturated rings. The number of nitrogens with one attached hydrogen (secondary N) is 6. The minimum atomic E-state index is -4.40. The number of hydrogen-bond acceptors (Lipinski definition) is 17. The second-order valence-electron chi connectivity index (χ2n) is 15.1. The molecule has 0 bridgehead atoms. The van der Waals surface area contributed by atoms with Gasteiger partial charge in [0.1, 0.15) is 15.6 Å². The number of anilines is 4. The quantitative estimate of drug-likeness (QED) is 0.0525. The molecule has 0 saturated heterocycles. The summed E-state index contributed by atoms with van der Waals surface area (Å²) in [6, 6.07) is 19.2. The van der Waals surface area contributed by atoms with Gasteiger partial charge in [-0.3, -0.25) is 20.4 Å². The highest BCUT2D eigenvalue weighted by atomic mass is 35.5. The predicted octanol–water partition coefficient (Wildman–Crippen LogP) is 8.24. The van der Waals surface area contributed by atoms with Crippen LogP contribution in [0.2, 0.25) is 15.1 Å². The van der Waals surface area contributed by atoms with Gasteiger partial charge in [-0.15, -0.1) is 0 Å². The molecular weight excluding hydrogens is 1150 g/mol. The number of nitrogens with zero attached hydrogens (tertiary/aromatic N) is 7. The smallest absolute Gasteiger partial charge is 0.416 e. The highest BCUT2D eigenvalue weighted by molar-refractivity contribution is 7.90. The van der Waals surface area contributed by atoms with Gasteiger partial charge in [-0.05, 0) is 87.5 Å². The number of esters is 1. The van der Waals surface area contributed by atoms with Gasteiger partial charge < -0.3 is 20.1 Å². The Bertz CT molecular complexity index is 3370. The van der Waals surface area contributed by atoms with E-state index < -0.39 is 61.9 Å². The Morgan fingerprint density at radius 3 is 1.70 bits per heavy atom. The Morgan fingerprint density at radius 2 is 1.16 bits per heavy atom. The van der Waals surface area contributed by atoms with Crippen LogP contribution in [-0.4, -0.2) is 119 Å². The Hall–Kier alpha value is -8.16. The zero-order valence-electron chi connectivity index (χ0n) is 42.9. The third-order valence-electron chi connectivity index (χ3n) is 9.31. The topological polar surface area (TPSA) is 324 Å². The largest absolute Gasteiger partial charge is 0.467 e. The van der Waals surface area contributed by atoms with Gasteiger partial charge in [-0.1, -0.05) is 65.1 Å². The van der Waals surface area contributed by atoms with Crippen LogP contribution in [0.15, 0.2) is 107 Å². The molecule has 25 nitrogen and oxygen atoms in total. The maximum atomic E-state index is 12.4. The van der Waals surface area contributed by atoms with Gasteiger partial charge in [0.15, 0.2) is 0 Å². The van der Waals surface area contributed by atoms with Crippen molar-refractivity contribution in [1.82, 2.24) is 44.7 Å². The number of aryl methyl sites for hydroxylation is 3. The Labute approximate surface area is 465 Å². The standard InChI is InChI=1S/C15H16N4O5S.C12H12ClN5O4S.C10H11F3N2O.C9H10Cl2N2O2/c1-9-8-10(2)17-14(16-9)18-15(21)19-25(22,23)12-7-5-4-6-11(12)13(20)24-3;1-7-14-10(17-12(15-7)22-2)16-11(19)18-23(20,21)9-6-4-3-5-8(9)13;1-14-9(16)15(2)8-5-3-4-7(6-8)10(11,12)13;1-13(15-2)9(14)12-6-3-4-7(10)8(11)5-6/h4-8H,1-3H3,(H2,16,17,18,19,21);3-6H,1-2H3,(H2,14,15,16,17,18,19);3-6H,1-2H3,(H,14,16);3-5H,1-2H3,(H,12,14). The lowest BCUT2D eigenvalue weighted by Crippen LogP contribution is -2.35. The number of carbonyl (C=O) groups excluding carboxylic acids is 5. The molecule has 0 saturated carbocycles. The van der Waals surface area contributed by atoms with Crippen LogP contribution in [0.4, 0.5) is 55.6 Å². The molecule has 6 rings (SSSR count). The third kappa shape index (κ3) is 20.6. The number of benzene rings is 4. The molecule has 0 spiro atoms. The summed E-state index contributed by atoms with van der Waals surface area (Å²) in [5.74, 6) is -0.729. The molecule has 2 heterocycles. The van der Waals surface area contributed by atoms with Crippen LogP contribution in [0.3, 0.4) is 0 Å². The van der Waals surface area contributed by atoms with Crippen molar-refractivity contribution >= 4 is 108 Å². The number of hydrogen-bond donors (Lipinski definition) is 6. The molecule has 0 unspecified atom stereocenters. The van der Waals surface area contributed by atoms with E-state index in [1.165, 1.54) is 90.0 Å². The molecule has 0 atom stereocenters. The van der Waals surface area contributed by atoms with Gasteiger partial charge in [0.05, 0.1) is 47.5 Å². The first-order valence-electron chi connectivity index (χ1n) is 21.8. The van der Waals surface area contributed by atoms with Crippen LogP contribution in [-0.2, 0) is 35.8 Å². The minimum Gasteiger partial charge on any atom is -0.467 e. The first kappa shape index (κ1) is 65.1. The van der Waals surface area contributed by atoms with Gasteiger partial charge in [-0.25, -0.2) is 65.3 Å². The third-order valence-corrected chi connectivity index (χ3v) is 13.3. The van der Waals surface area contributed by atoms with E-state index in [9.17, 15) is 54.0 Å². The van der Waals surface area contributed by atoms with Crippen molar-refractivity contribution in [3.05, 3.63) is 140 Å². The number of carbonyl (C=O) groups is 5. The molecule has 0 aliphatic heterocycles. The zero-order valence-corrected chi connectivity index (χ0v) is 46.8. The summed E-state index contributed by atoms with van der Waals surface area (Å²) in [7, 11) is -0.264. The molecule has 424 valence electrons. The minimum absolute atomic E-state index is 0.00882. The van der Waals surface area contributed by atoms with Crippen molar-refractivity contribution in [3.8, 4) is 6.01 Å². The lowest BCUT2D eigenvalue weighted by atomic mass is 10.2. The molecule has 33 heteroatoms. The van der Waals surface area contributed by atoms with Crippen LogP contribution in [0.1, 0.15) is 33.1 Å². The van der Waals surface area contributed by atoms with Crippen molar-refractivity contribution < 1.29 is 68.3 Å². The molecule has 0 radical (unpaired) electrons. The summed E-state index contributed by atoms with van der Waals surface area (Å²) in [6.45, 7) is 4.98. The van der Waals surface area contributed by atoms with E-state index in [0.717, 1.165) is 29.2 Å². The molecule has 0 aliphatic rings. The molecule has 4 aromatic carbocycles. The maximum Gasteiger partial charge on any atom is 0.416 e. The first-order chi connectivity index (χ1) is 36.9. The summed E-state index contributed by atoms with van der Waals surface area (Å²) in [4.78, 5) is 82.7. The monoisotopic (exact) mass is 1200 g/mol. The summed E-state index contributed by atoms with van der Waals surface area (Å²) < 4.78 is 99.2. The fraction of sp³-hybridized carbons (Fsp3) is 0.217. The van der Waals surface area contributed by atoms with Crippen LogP contribution in [0, 0.1) is 20.8 Å². The lowest BCUT2D eigenvalue weighted by molar-refractivity contribution is -0.137. The highest BCUT2D eigenvalue weighted by Gasteiger charge is 2.31. The number of hydroxylamine groups is 2. The fourth-order valence-corrected chi connectivity index (χ4v) is 8.50. The summed E-state index contributed by atoms with van der Waals surface area (Å²) in [6.07, 6.45) is -4.40. The first-order valence-corrected chi connectivity index (χ1v) is 25.9. The average Bonchev–Trinajstić information content (AvgIpc) is 3.38. The lowest BCUT2D eigenvalue weighted by Gasteiger charge is -2.18. The van der Waals surface area contributed by atoms with E-state index >= 15 is 0 Å². The van der Waals surface area contributed by atoms with Crippen molar-refractivity contribution in [2.75, 3.05) is 63.3 Å². The Balaban J connectivity index is 0.000000283.